The maximum Gasteiger partial charge on any atom is 0.317 e. The van der Waals surface area contributed by atoms with Crippen molar-refractivity contribution in [1.82, 2.24) is 5.16 Å². The molecule has 0 radical (unpaired) electrons. The van der Waals surface area contributed by atoms with Gasteiger partial charge in [-0.2, -0.15) is 0 Å². The van der Waals surface area contributed by atoms with Crippen molar-refractivity contribution in [2.45, 2.75) is 39.7 Å². The van der Waals surface area contributed by atoms with Crippen LogP contribution in [0.4, 0.5) is 0 Å². The molecule has 0 unspecified atom stereocenters. The highest BCUT2D eigenvalue weighted by molar-refractivity contribution is 6.36. The van der Waals surface area contributed by atoms with E-state index in [0.717, 1.165) is 27.8 Å². The summed E-state index contributed by atoms with van der Waals surface area (Å²) in [5.74, 6) is 0.746. The molecule has 0 spiro atoms. The van der Waals surface area contributed by atoms with Crippen LogP contribution in [0.5, 0.6) is 5.75 Å². The van der Waals surface area contributed by atoms with Crippen LogP contribution < -0.4 is 4.74 Å². The van der Waals surface area contributed by atoms with E-state index in [1.807, 2.05) is 75.4 Å². The lowest BCUT2D eigenvalue weighted by molar-refractivity contribution is 0.100. The van der Waals surface area contributed by atoms with E-state index in [0.29, 0.717) is 44.5 Å². The number of hydrogen-bond acceptors (Lipinski definition) is 5. The second kappa shape index (κ2) is 12.9. The van der Waals surface area contributed by atoms with Gasteiger partial charge in [0.05, 0.1) is 16.8 Å². The second-order valence-electron chi connectivity index (χ2n) is 9.49. The predicted molar refractivity (Wildman–Crippen MR) is 161 cm³/mol. The molecule has 204 valence electrons. The molecule has 0 aliphatic heterocycles. The number of ether oxygens (including phenoxy) is 1. The zero-order valence-corrected chi connectivity index (χ0v) is 23.9. The predicted octanol–water partition coefficient (Wildman–Crippen LogP) is 9.47. The van der Waals surface area contributed by atoms with Crippen LogP contribution in [0.1, 0.15) is 54.1 Å². The van der Waals surface area contributed by atoms with Crippen LogP contribution >= 0.6 is 23.2 Å². The van der Waals surface area contributed by atoms with Crippen molar-refractivity contribution in [2.75, 3.05) is 0 Å². The van der Waals surface area contributed by atoms with E-state index in [-0.39, 0.29) is 12.5 Å². The number of nitroso groups, excluding NO2 is 1. The molecule has 0 bridgehead atoms. The van der Waals surface area contributed by atoms with Gasteiger partial charge in [-0.3, -0.25) is 4.79 Å². The lowest BCUT2D eigenvalue weighted by atomic mass is 9.98. The Labute approximate surface area is 242 Å². The molecule has 0 aliphatic rings. The summed E-state index contributed by atoms with van der Waals surface area (Å²) < 4.78 is 11.8. The molecular weight excluding hydrogens is 547 g/mol. The molecule has 1 heterocycles. The summed E-state index contributed by atoms with van der Waals surface area (Å²) in [5, 5.41) is 9.23. The molecule has 8 heteroatoms. The number of allylic oxidation sites excluding steroid dienone is 5. The van der Waals surface area contributed by atoms with Gasteiger partial charge in [-0.15, -0.1) is 4.91 Å². The van der Waals surface area contributed by atoms with Gasteiger partial charge >= 0.3 is 5.91 Å². The first-order valence-electron chi connectivity index (χ1n) is 12.7. The number of carbonyl (C=O) groups is 1. The first-order chi connectivity index (χ1) is 19.2. The Morgan fingerprint density at radius 3 is 2.48 bits per heavy atom. The van der Waals surface area contributed by atoms with E-state index in [2.05, 4.69) is 16.9 Å². The molecule has 3 aromatic carbocycles. The lowest BCUT2D eigenvalue weighted by Crippen LogP contribution is -2.04. The summed E-state index contributed by atoms with van der Waals surface area (Å²) in [6.07, 6.45) is 3.96. The number of benzene rings is 3. The van der Waals surface area contributed by atoms with Gasteiger partial charge in [0, 0.05) is 27.6 Å². The number of hydrogen-bond donors (Lipinski definition) is 0. The van der Waals surface area contributed by atoms with E-state index >= 15 is 0 Å². The highest BCUT2D eigenvalue weighted by Gasteiger charge is 2.21. The van der Waals surface area contributed by atoms with Gasteiger partial charge in [0.15, 0.2) is 0 Å². The third-order valence-electron chi connectivity index (χ3n) is 6.46. The number of nitrogens with zero attached hydrogens (tertiary/aromatic N) is 2. The van der Waals surface area contributed by atoms with Gasteiger partial charge in [-0.05, 0) is 64.7 Å². The fourth-order valence-electron chi connectivity index (χ4n) is 4.43. The molecule has 0 atom stereocenters. The Morgan fingerprint density at radius 2 is 1.82 bits per heavy atom. The molecule has 0 saturated carbocycles. The summed E-state index contributed by atoms with van der Waals surface area (Å²) in [4.78, 5) is 22.6. The van der Waals surface area contributed by atoms with Crippen molar-refractivity contribution in [1.29, 1.82) is 0 Å². The van der Waals surface area contributed by atoms with Gasteiger partial charge in [0.1, 0.15) is 18.1 Å². The van der Waals surface area contributed by atoms with Crippen LogP contribution in [-0.2, 0) is 13.0 Å². The normalized spacial score (nSPS) is 12.2. The zero-order chi connectivity index (χ0) is 28.8. The van der Waals surface area contributed by atoms with Crippen molar-refractivity contribution >= 4 is 39.9 Å². The molecule has 4 aromatic rings. The third kappa shape index (κ3) is 6.41. The number of carbonyl (C=O) groups excluding carboxylic acids is 1. The molecular formula is C32H28Cl2N2O4. The monoisotopic (exact) mass is 574 g/mol. The molecule has 0 saturated heterocycles. The van der Waals surface area contributed by atoms with Crippen molar-refractivity contribution < 1.29 is 14.1 Å². The molecule has 0 fully saturated rings. The van der Waals surface area contributed by atoms with Gasteiger partial charge < -0.3 is 9.26 Å². The molecule has 6 nitrogen and oxygen atoms in total. The second-order valence-corrected chi connectivity index (χ2v) is 10.3. The first kappa shape index (κ1) is 29.0. The van der Waals surface area contributed by atoms with E-state index in [4.69, 9.17) is 32.5 Å². The molecule has 0 N–H and O–H groups in total. The van der Waals surface area contributed by atoms with Crippen molar-refractivity contribution in [3.63, 3.8) is 0 Å². The summed E-state index contributed by atoms with van der Waals surface area (Å²) in [6.45, 7) is 10.0. The maximum atomic E-state index is 11.9. The Hall–Kier alpha value is -4.00. The van der Waals surface area contributed by atoms with Crippen LogP contribution in [0, 0.1) is 4.91 Å². The lowest BCUT2D eigenvalue weighted by Gasteiger charge is -2.11. The standard InChI is InChI=1S/C32H28Cl2N2O4/c1-5-7-29(34)27(20(4)33)17-30-28(31(19(2)3)40-36-30)18-39-24-13-10-21(11-14-24)22-12-15-25-23(16-22)8-6-9-26(25)32(37)35-38/h5-16,19H,4,17-18H2,1-3H3/b7-5-,29-27+. The smallest absolute Gasteiger partial charge is 0.317 e. The fourth-order valence-corrected chi connectivity index (χ4v) is 4.95. The highest BCUT2D eigenvalue weighted by Crippen LogP contribution is 2.32. The van der Waals surface area contributed by atoms with Crippen LogP contribution in [0.3, 0.4) is 0 Å². The first-order valence-corrected chi connectivity index (χ1v) is 13.5. The largest absolute Gasteiger partial charge is 0.489 e. The quantitative estimate of drug-likeness (QED) is 0.139. The van der Waals surface area contributed by atoms with E-state index in [9.17, 15) is 9.70 Å². The molecule has 0 aliphatic carbocycles. The number of fused-ring (bicyclic) bond motifs is 1. The number of halogens is 2. The van der Waals surface area contributed by atoms with Crippen LogP contribution in [-0.4, -0.2) is 11.1 Å². The Kier molecular flexibility index (Phi) is 9.35. The SMILES string of the molecule is C=C(Cl)/C(Cc1noc(C(C)C)c1COc1ccc(-c2ccc3c(C(=O)N=O)cccc3c2)cc1)=C(Cl)\C=C/C. The van der Waals surface area contributed by atoms with Gasteiger partial charge in [0.25, 0.3) is 0 Å². The molecule has 1 amide bonds. The Morgan fingerprint density at radius 1 is 1.10 bits per heavy atom. The minimum Gasteiger partial charge on any atom is -0.489 e. The van der Waals surface area contributed by atoms with Gasteiger partial charge in [-0.1, -0.05) is 91.3 Å². The summed E-state index contributed by atoms with van der Waals surface area (Å²) >= 11 is 12.7. The topological polar surface area (TPSA) is 81.8 Å². The summed E-state index contributed by atoms with van der Waals surface area (Å²) in [6, 6.07) is 18.7. The maximum absolute atomic E-state index is 11.9. The average molecular weight is 575 g/mol. The van der Waals surface area contributed by atoms with Crippen LogP contribution in [0.25, 0.3) is 21.9 Å². The molecule has 1 aromatic heterocycles. The van der Waals surface area contributed by atoms with Crippen molar-refractivity contribution in [3.8, 4) is 16.9 Å². The third-order valence-corrected chi connectivity index (χ3v) is 7.04. The van der Waals surface area contributed by atoms with E-state index in [1.165, 1.54) is 0 Å². The number of amides is 1. The summed E-state index contributed by atoms with van der Waals surface area (Å²) in [5.41, 5.74) is 4.44. The van der Waals surface area contributed by atoms with Crippen molar-refractivity contribution in [3.05, 3.63) is 123 Å². The van der Waals surface area contributed by atoms with Crippen LogP contribution in [0.2, 0.25) is 0 Å². The fraction of sp³-hybridized carbons (Fsp3) is 0.188. The van der Waals surface area contributed by atoms with Crippen LogP contribution in [0.15, 0.2) is 105 Å². The Balaban J connectivity index is 1.55. The summed E-state index contributed by atoms with van der Waals surface area (Å²) in [7, 11) is 0. The number of aromatic nitrogens is 1. The molecule has 40 heavy (non-hydrogen) atoms. The van der Waals surface area contributed by atoms with E-state index in [1.54, 1.807) is 18.2 Å². The Bertz CT molecular complexity index is 1630. The molecule has 4 rings (SSSR count). The average Bonchev–Trinajstić information content (AvgIpc) is 3.36. The number of rotatable bonds is 10. The minimum atomic E-state index is -0.780. The minimum absolute atomic E-state index is 0.103. The van der Waals surface area contributed by atoms with Gasteiger partial charge in [0.2, 0.25) is 0 Å². The van der Waals surface area contributed by atoms with E-state index < -0.39 is 5.91 Å². The zero-order valence-electron chi connectivity index (χ0n) is 22.4. The van der Waals surface area contributed by atoms with Gasteiger partial charge in [-0.25, -0.2) is 0 Å². The highest BCUT2D eigenvalue weighted by atomic mass is 35.5. The van der Waals surface area contributed by atoms with Crippen molar-refractivity contribution in [2.24, 2.45) is 5.18 Å².